The predicted molar refractivity (Wildman–Crippen MR) is 92.7 cm³/mol. The zero-order valence-electron chi connectivity index (χ0n) is 13.8. The lowest BCUT2D eigenvalue weighted by Crippen LogP contribution is -2.22. The Kier molecular flexibility index (Phi) is 4.20. The van der Waals surface area contributed by atoms with Crippen molar-refractivity contribution in [1.82, 2.24) is 0 Å². The second-order valence-corrected chi connectivity index (χ2v) is 6.96. The van der Waals surface area contributed by atoms with E-state index in [0.29, 0.717) is 18.4 Å². The lowest BCUT2D eigenvalue weighted by Gasteiger charge is -2.09. The molecular formula is C19H22BFNO. The average molecular weight is 310 g/mol. The Morgan fingerprint density at radius 2 is 1.87 bits per heavy atom. The standard InChI is InChI=1S/C19H22BFNO/c1-12-10-15(21)8-9-17(12)23-11-16-18(19(16,2)3)13-4-6-14(20-22)7-5-13/h4-10,16,18H,11,22H2,1-3H3/t16-,18-/m1/s1. The monoisotopic (exact) mass is 310 g/mol. The SMILES string of the molecule is Cc1cc(F)ccc1OC[C@@H]1[C@@H](c2ccc([B]N)cc2)C1(C)C. The van der Waals surface area contributed by atoms with Crippen LogP contribution in [0.25, 0.3) is 0 Å². The molecule has 0 saturated heterocycles. The summed E-state index contributed by atoms with van der Waals surface area (Å²) in [5.41, 5.74) is 8.94. The Morgan fingerprint density at radius 3 is 2.48 bits per heavy atom. The number of rotatable bonds is 5. The van der Waals surface area contributed by atoms with Crippen LogP contribution < -0.4 is 15.8 Å². The molecule has 4 heteroatoms. The van der Waals surface area contributed by atoms with Gasteiger partial charge in [-0.1, -0.05) is 43.6 Å². The Hall–Kier alpha value is -1.81. The third-order valence-electron chi connectivity index (χ3n) is 5.09. The van der Waals surface area contributed by atoms with Gasteiger partial charge in [0.1, 0.15) is 11.6 Å². The lowest BCUT2D eigenvalue weighted by molar-refractivity contribution is 0.277. The van der Waals surface area contributed by atoms with Crippen molar-refractivity contribution >= 4 is 12.9 Å². The smallest absolute Gasteiger partial charge is 0.241 e. The van der Waals surface area contributed by atoms with E-state index in [2.05, 4.69) is 26.0 Å². The van der Waals surface area contributed by atoms with E-state index in [1.54, 1.807) is 13.5 Å². The topological polar surface area (TPSA) is 35.2 Å². The van der Waals surface area contributed by atoms with Crippen LogP contribution in [0.4, 0.5) is 4.39 Å². The maximum atomic E-state index is 13.2. The molecule has 0 heterocycles. The largest absolute Gasteiger partial charge is 0.493 e. The summed E-state index contributed by atoms with van der Waals surface area (Å²) in [7, 11) is 1.61. The molecule has 3 rings (SSSR count). The second-order valence-electron chi connectivity index (χ2n) is 6.96. The van der Waals surface area contributed by atoms with Crippen LogP contribution >= 0.6 is 0 Å². The van der Waals surface area contributed by atoms with Crippen molar-refractivity contribution in [1.29, 1.82) is 0 Å². The van der Waals surface area contributed by atoms with Crippen LogP contribution in [0, 0.1) is 24.1 Å². The van der Waals surface area contributed by atoms with Gasteiger partial charge in [-0.3, -0.25) is 0 Å². The lowest BCUT2D eigenvalue weighted by atomic mass is 9.84. The molecule has 2 N–H and O–H groups in total. The van der Waals surface area contributed by atoms with Crippen molar-refractivity contribution in [3.63, 3.8) is 0 Å². The van der Waals surface area contributed by atoms with Crippen LogP contribution in [0.3, 0.4) is 0 Å². The van der Waals surface area contributed by atoms with Crippen molar-refractivity contribution in [2.45, 2.75) is 26.7 Å². The highest BCUT2D eigenvalue weighted by Crippen LogP contribution is 2.64. The first kappa shape index (κ1) is 16.1. The van der Waals surface area contributed by atoms with Gasteiger partial charge >= 0.3 is 0 Å². The van der Waals surface area contributed by atoms with E-state index in [1.165, 1.54) is 17.7 Å². The number of benzene rings is 2. The van der Waals surface area contributed by atoms with E-state index in [1.807, 2.05) is 19.1 Å². The van der Waals surface area contributed by atoms with E-state index < -0.39 is 0 Å². The average Bonchev–Trinajstić information content (AvgIpc) is 3.07. The fourth-order valence-corrected chi connectivity index (χ4v) is 3.49. The van der Waals surface area contributed by atoms with Gasteiger partial charge in [-0.25, -0.2) is 4.39 Å². The van der Waals surface area contributed by atoms with Crippen LogP contribution in [0.2, 0.25) is 0 Å². The van der Waals surface area contributed by atoms with Crippen molar-refractivity contribution in [3.05, 3.63) is 59.4 Å². The molecule has 2 nitrogen and oxygen atoms in total. The summed E-state index contributed by atoms with van der Waals surface area (Å²) in [6.45, 7) is 7.06. The molecule has 1 aliphatic carbocycles. The van der Waals surface area contributed by atoms with E-state index in [4.69, 9.17) is 10.4 Å². The minimum atomic E-state index is -0.226. The first-order valence-corrected chi connectivity index (χ1v) is 7.97. The maximum absolute atomic E-state index is 13.2. The molecule has 1 fully saturated rings. The molecule has 1 saturated carbocycles. The van der Waals surface area contributed by atoms with Gasteiger partial charge < -0.3 is 10.4 Å². The molecule has 0 bridgehead atoms. The molecule has 0 aromatic heterocycles. The number of halogens is 1. The minimum absolute atomic E-state index is 0.210. The van der Waals surface area contributed by atoms with Gasteiger partial charge in [-0.15, -0.1) is 0 Å². The van der Waals surface area contributed by atoms with Gasteiger partial charge in [-0.2, -0.15) is 0 Å². The molecule has 1 radical (unpaired) electrons. The summed E-state index contributed by atoms with van der Waals surface area (Å²) in [6, 6.07) is 13.0. The summed E-state index contributed by atoms with van der Waals surface area (Å²) in [6.07, 6.45) is 0. The molecular weight excluding hydrogens is 288 g/mol. The highest BCUT2D eigenvalue weighted by atomic mass is 19.1. The van der Waals surface area contributed by atoms with Crippen LogP contribution in [-0.4, -0.2) is 14.0 Å². The van der Waals surface area contributed by atoms with Crippen molar-refractivity contribution in [2.75, 3.05) is 6.61 Å². The summed E-state index contributed by atoms with van der Waals surface area (Å²) in [5, 5.41) is 0. The number of aryl methyl sites for hydroxylation is 1. The van der Waals surface area contributed by atoms with Crippen molar-refractivity contribution in [2.24, 2.45) is 17.0 Å². The molecule has 119 valence electrons. The molecule has 2 aromatic carbocycles. The van der Waals surface area contributed by atoms with Gasteiger partial charge in [0.25, 0.3) is 0 Å². The molecule has 1 aliphatic rings. The van der Waals surface area contributed by atoms with Crippen LogP contribution in [0.15, 0.2) is 42.5 Å². The predicted octanol–water partition coefficient (Wildman–Crippen LogP) is 3.16. The Bertz CT molecular complexity index is 699. The fraction of sp³-hybridized carbons (Fsp3) is 0.368. The number of hydrogen-bond acceptors (Lipinski definition) is 2. The summed E-state index contributed by atoms with van der Waals surface area (Å²) in [4.78, 5) is 0. The molecule has 0 aliphatic heterocycles. The summed E-state index contributed by atoms with van der Waals surface area (Å²) >= 11 is 0. The van der Waals surface area contributed by atoms with Gasteiger partial charge in [0.05, 0.1) is 6.61 Å². The number of ether oxygens (including phenoxy) is 1. The minimum Gasteiger partial charge on any atom is -0.493 e. The first-order chi connectivity index (χ1) is 10.9. The van der Waals surface area contributed by atoms with Gasteiger partial charge in [0.15, 0.2) is 0 Å². The highest BCUT2D eigenvalue weighted by Gasteiger charge is 2.58. The molecule has 0 spiro atoms. The summed E-state index contributed by atoms with van der Waals surface area (Å²) < 4.78 is 19.1. The normalized spacial score (nSPS) is 21.8. The van der Waals surface area contributed by atoms with E-state index >= 15 is 0 Å². The first-order valence-electron chi connectivity index (χ1n) is 7.97. The number of hydrogen-bond donors (Lipinski definition) is 1. The third-order valence-corrected chi connectivity index (χ3v) is 5.09. The summed E-state index contributed by atoms with van der Waals surface area (Å²) in [5.74, 6) is 1.48. The van der Waals surface area contributed by atoms with E-state index in [-0.39, 0.29) is 11.2 Å². The van der Waals surface area contributed by atoms with Gasteiger partial charge in [0, 0.05) is 5.92 Å². The third kappa shape index (κ3) is 3.13. The van der Waals surface area contributed by atoms with Crippen molar-refractivity contribution < 1.29 is 9.13 Å². The zero-order chi connectivity index (χ0) is 16.6. The molecule has 2 atom stereocenters. The highest BCUT2D eigenvalue weighted by molar-refractivity contribution is 6.49. The molecule has 2 aromatic rings. The van der Waals surface area contributed by atoms with E-state index in [9.17, 15) is 4.39 Å². The Labute approximate surface area is 138 Å². The quantitative estimate of drug-likeness (QED) is 0.861. The van der Waals surface area contributed by atoms with Crippen LogP contribution in [-0.2, 0) is 0 Å². The van der Waals surface area contributed by atoms with Gasteiger partial charge in [0.2, 0.25) is 7.41 Å². The van der Waals surface area contributed by atoms with Crippen LogP contribution in [0.1, 0.15) is 30.9 Å². The van der Waals surface area contributed by atoms with Crippen molar-refractivity contribution in [3.8, 4) is 5.75 Å². The van der Waals surface area contributed by atoms with E-state index in [0.717, 1.165) is 16.8 Å². The zero-order valence-corrected chi connectivity index (χ0v) is 13.8. The van der Waals surface area contributed by atoms with Gasteiger partial charge in [-0.05, 0) is 47.6 Å². The Balaban J connectivity index is 1.68. The molecule has 23 heavy (non-hydrogen) atoms. The second kappa shape index (κ2) is 6.01. The van der Waals surface area contributed by atoms with Crippen LogP contribution in [0.5, 0.6) is 5.75 Å². The fourth-order valence-electron chi connectivity index (χ4n) is 3.49. The molecule has 0 amide bonds. The molecule has 0 unspecified atom stereocenters. The number of nitrogens with two attached hydrogens (primary N) is 1. The maximum Gasteiger partial charge on any atom is 0.241 e. The Morgan fingerprint density at radius 1 is 1.17 bits per heavy atom.